The van der Waals surface area contributed by atoms with Gasteiger partial charge in [-0.25, -0.2) is 24.0 Å². The Morgan fingerprint density at radius 1 is 1.09 bits per heavy atom. The van der Waals surface area contributed by atoms with Gasteiger partial charge in [-0.05, 0) is 41.0 Å². The first-order valence-corrected chi connectivity index (χ1v) is 10.7. The molecular weight excluding hydrogens is 438 g/mol. The van der Waals surface area contributed by atoms with Gasteiger partial charge in [0.25, 0.3) is 0 Å². The third kappa shape index (κ3) is 7.10. The number of aromatic nitrogens is 1. The van der Waals surface area contributed by atoms with E-state index in [1.807, 2.05) is 0 Å². The van der Waals surface area contributed by atoms with Gasteiger partial charge in [-0.15, -0.1) is 11.3 Å². The molecule has 1 heterocycles. The summed E-state index contributed by atoms with van der Waals surface area (Å²) in [5, 5.41) is 7.40. The van der Waals surface area contributed by atoms with Gasteiger partial charge in [0.15, 0.2) is 5.13 Å². The summed E-state index contributed by atoms with van der Waals surface area (Å²) in [4.78, 5) is 32.9. The molecule has 0 atom stereocenters. The fourth-order valence-electron chi connectivity index (χ4n) is 2.78. The molecule has 168 valence electrons. The minimum atomic E-state index is -0.471. The predicted molar refractivity (Wildman–Crippen MR) is 117 cm³/mol. The van der Waals surface area contributed by atoms with Crippen molar-refractivity contribution in [2.45, 2.75) is 32.9 Å². The minimum absolute atomic E-state index is 0.0824. The largest absolute Gasteiger partial charge is 0.334 e. The number of hydrogen-bond donors (Lipinski definition) is 3. The molecule has 2 aromatic carbocycles. The van der Waals surface area contributed by atoms with Gasteiger partial charge in [0.2, 0.25) is 5.91 Å². The first-order valence-electron chi connectivity index (χ1n) is 9.84. The van der Waals surface area contributed by atoms with Crippen molar-refractivity contribution in [1.82, 2.24) is 15.8 Å². The number of amides is 3. The number of benzene rings is 2. The van der Waals surface area contributed by atoms with Crippen LogP contribution in [0.2, 0.25) is 0 Å². The molecule has 1 aromatic heterocycles. The molecule has 0 aliphatic rings. The number of nitrogens with one attached hydrogen (secondary N) is 3. The van der Waals surface area contributed by atoms with E-state index in [0.29, 0.717) is 40.4 Å². The van der Waals surface area contributed by atoms with E-state index in [-0.39, 0.29) is 24.9 Å². The van der Waals surface area contributed by atoms with Crippen molar-refractivity contribution < 1.29 is 23.2 Å². The summed E-state index contributed by atoms with van der Waals surface area (Å²) in [6.45, 7) is 1.96. The van der Waals surface area contributed by atoms with E-state index in [4.69, 9.17) is 4.84 Å². The van der Waals surface area contributed by atoms with Gasteiger partial charge in [-0.2, -0.15) is 0 Å². The quantitative estimate of drug-likeness (QED) is 0.416. The Balaban J connectivity index is 1.56. The summed E-state index contributed by atoms with van der Waals surface area (Å²) in [6, 6.07) is 9.78. The topological polar surface area (TPSA) is 92.4 Å². The van der Waals surface area contributed by atoms with Crippen LogP contribution >= 0.6 is 11.3 Å². The third-order valence-electron chi connectivity index (χ3n) is 4.39. The van der Waals surface area contributed by atoms with Crippen LogP contribution < -0.4 is 16.1 Å². The number of halogens is 2. The molecule has 0 unspecified atom stereocenters. The van der Waals surface area contributed by atoms with Crippen LogP contribution in [0.25, 0.3) is 0 Å². The number of carbonyl (C=O) groups excluding carboxylic acids is 2. The first kappa shape index (κ1) is 23.3. The summed E-state index contributed by atoms with van der Waals surface area (Å²) < 4.78 is 27.0. The highest BCUT2D eigenvalue weighted by atomic mass is 32.1. The zero-order valence-electron chi connectivity index (χ0n) is 17.3. The highest BCUT2D eigenvalue weighted by molar-refractivity contribution is 7.13. The van der Waals surface area contributed by atoms with Crippen LogP contribution in [0.4, 0.5) is 18.7 Å². The highest BCUT2D eigenvalue weighted by Crippen LogP contribution is 2.21. The molecule has 3 amide bonds. The predicted octanol–water partition coefficient (Wildman–Crippen LogP) is 4.29. The molecule has 7 nitrogen and oxygen atoms in total. The summed E-state index contributed by atoms with van der Waals surface area (Å²) in [7, 11) is 0. The number of anilines is 1. The fraction of sp³-hybridized carbons (Fsp3) is 0.227. The number of carbonyl (C=O) groups is 2. The van der Waals surface area contributed by atoms with E-state index < -0.39 is 11.8 Å². The van der Waals surface area contributed by atoms with Crippen molar-refractivity contribution in [3.63, 3.8) is 0 Å². The summed E-state index contributed by atoms with van der Waals surface area (Å²) in [5.74, 6) is -1.02. The zero-order chi connectivity index (χ0) is 22.9. The van der Waals surface area contributed by atoms with Crippen molar-refractivity contribution in [2.24, 2.45) is 0 Å². The van der Waals surface area contributed by atoms with Crippen LogP contribution in [-0.4, -0.2) is 16.9 Å². The molecule has 0 fully saturated rings. The Morgan fingerprint density at radius 2 is 1.91 bits per heavy atom. The van der Waals surface area contributed by atoms with Crippen molar-refractivity contribution in [2.75, 3.05) is 5.32 Å². The van der Waals surface area contributed by atoms with E-state index in [0.717, 1.165) is 0 Å². The molecule has 0 spiro atoms. The van der Waals surface area contributed by atoms with Crippen molar-refractivity contribution in [1.29, 1.82) is 0 Å². The summed E-state index contributed by atoms with van der Waals surface area (Å²) >= 11 is 1.23. The molecule has 0 radical (unpaired) electrons. The lowest BCUT2D eigenvalue weighted by atomic mass is 10.0. The molecule has 3 aromatic rings. The maximum atomic E-state index is 13.8. The number of urea groups is 1. The molecule has 32 heavy (non-hydrogen) atoms. The lowest BCUT2D eigenvalue weighted by Gasteiger charge is -2.10. The number of hydrogen-bond acceptors (Lipinski definition) is 5. The monoisotopic (exact) mass is 460 g/mol. The van der Waals surface area contributed by atoms with Gasteiger partial charge in [0.1, 0.15) is 18.2 Å². The van der Waals surface area contributed by atoms with E-state index in [2.05, 4.69) is 21.1 Å². The average molecular weight is 461 g/mol. The number of thiazole rings is 1. The molecule has 3 rings (SSSR count). The van der Waals surface area contributed by atoms with Crippen molar-refractivity contribution >= 4 is 28.4 Å². The number of nitrogens with zero attached hydrogens (tertiary/aromatic N) is 1. The van der Waals surface area contributed by atoms with Crippen molar-refractivity contribution in [3.05, 3.63) is 81.9 Å². The van der Waals surface area contributed by atoms with Gasteiger partial charge in [-0.1, -0.05) is 25.1 Å². The smallest absolute Gasteiger partial charge is 0.321 e. The summed E-state index contributed by atoms with van der Waals surface area (Å²) in [6.07, 6.45) is 0.613. The van der Waals surface area contributed by atoms with Gasteiger partial charge >= 0.3 is 6.03 Å². The van der Waals surface area contributed by atoms with E-state index >= 15 is 0 Å². The van der Waals surface area contributed by atoms with Crippen LogP contribution in [0.3, 0.4) is 0 Å². The van der Waals surface area contributed by atoms with Crippen LogP contribution in [-0.2, 0) is 29.2 Å². The SMILES string of the molecule is CCC(=O)NOCc1ccc(F)cc1Cc1csc(NC(=O)NCc2cccc(F)c2)n1. The molecule has 0 saturated carbocycles. The zero-order valence-corrected chi connectivity index (χ0v) is 18.1. The fourth-order valence-corrected chi connectivity index (χ4v) is 3.48. The van der Waals surface area contributed by atoms with Crippen LogP contribution in [0.5, 0.6) is 0 Å². The van der Waals surface area contributed by atoms with Gasteiger partial charge in [0.05, 0.1) is 5.69 Å². The second kappa shape index (κ2) is 11.3. The lowest BCUT2D eigenvalue weighted by molar-refractivity contribution is -0.134. The molecule has 0 bridgehead atoms. The van der Waals surface area contributed by atoms with E-state index in [1.54, 1.807) is 30.5 Å². The van der Waals surface area contributed by atoms with E-state index in [9.17, 15) is 18.4 Å². The highest BCUT2D eigenvalue weighted by Gasteiger charge is 2.11. The van der Waals surface area contributed by atoms with Crippen LogP contribution in [0.1, 0.15) is 35.7 Å². The van der Waals surface area contributed by atoms with Crippen molar-refractivity contribution in [3.8, 4) is 0 Å². The van der Waals surface area contributed by atoms with Crippen LogP contribution in [0.15, 0.2) is 47.8 Å². The first-order chi connectivity index (χ1) is 15.4. The molecule has 0 aliphatic heterocycles. The second-order valence-corrected chi connectivity index (χ2v) is 7.70. The maximum Gasteiger partial charge on any atom is 0.321 e. The normalized spacial score (nSPS) is 10.6. The Labute approximate surface area is 187 Å². The Morgan fingerprint density at radius 3 is 2.69 bits per heavy atom. The molecule has 3 N–H and O–H groups in total. The standard InChI is InChI=1S/C22H22F2N4O3S/c1-2-20(29)28-31-12-15-6-7-18(24)9-16(15)10-19-13-32-22(26-19)27-21(30)25-11-14-4-3-5-17(23)8-14/h3-9,13H,2,10-12H2,1H3,(H,28,29)(H2,25,26,27,30). The Kier molecular flexibility index (Phi) is 8.23. The third-order valence-corrected chi connectivity index (χ3v) is 5.20. The maximum absolute atomic E-state index is 13.8. The Bertz CT molecular complexity index is 1090. The molecule has 0 saturated heterocycles. The Hall–Kier alpha value is -3.37. The second-order valence-electron chi connectivity index (χ2n) is 6.84. The number of hydroxylamine groups is 1. The molecule has 0 aliphatic carbocycles. The van der Waals surface area contributed by atoms with Gasteiger partial charge < -0.3 is 5.32 Å². The molecule has 10 heteroatoms. The average Bonchev–Trinajstić information content (AvgIpc) is 3.20. The van der Waals surface area contributed by atoms with E-state index in [1.165, 1.54) is 35.6 Å². The molecular formula is C22H22F2N4O3S. The van der Waals surface area contributed by atoms with Crippen LogP contribution in [0, 0.1) is 11.6 Å². The summed E-state index contributed by atoms with van der Waals surface area (Å²) in [5.41, 5.74) is 4.95. The lowest BCUT2D eigenvalue weighted by Crippen LogP contribution is -2.28. The number of rotatable bonds is 9. The van der Waals surface area contributed by atoms with Gasteiger partial charge in [0, 0.05) is 24.8 Å². The van der Waals surface area contributed by atoms with Gasteiger partial charge in [-0.3, -0.25) is 14.9 Å². The minimum Gasteiger partial charge on any atom is -0.334 e.